The Labute approximate surface area is 133 Å². The summed E-state index contributed by atoms with van der Waals surface area (Å²) in [6, 6.07) is 8.86. The molecule has 3 aliphatic rings. The molecule has 0 saturated carbocycles. The normalized spacial score (nSPS) is 25.2. The van der Waals surface area contributed by atoms with Gasteiger partial charge in [-0.25, -0.2) is 0 Å². The Morgan fingerprint density at radius 2 is 1.55 bits per heavy atom. The second-order valence-electron chi connectivity index (χ2n) is 6.90. The van der Waals surface area contributed by atoms with E-state index in [9.17, 15) is 0 Å². The first kappa shape index (κ1) is 13.6. The molecule has 3 aliphatic carbocycles. The molecule has 0 spiro atoms. The van der Waals surface area contributed by atoms with E-state index in [1.807, 2.05) is 0 Å². The average molecular weight is 286 g/mol. The van der Waals surface area contributed by atoms with Crippen LogP contribution in [0, 0.1) is 17.3 Å². The van der Waals surface area contributed by atoms with E-state index in [-0.39, 0.29) is 5.41 Å². The van der Waals surface area contributed by atoms with Gasteiger partial charge < -0.3 is 0 Å². The van der Waals surface area contributed by atoms with Crippen LogP contribution in [0.1, 0.15) is 30.4 Å². The van der Waals surface area contributed by atoms with Crippen LogP contribution in [0.25, 0.3) is 6.08 Å². The number of benzene rings is 1. The molecule has 0 bridgehead atoms. The Bertz CT molecular complexity index is 689. The Morgan fingerprint density at radius 1 is 0.864 bits per heavy atom. The molecule has 0 N–H and O–H groups in total. The SMILES string of the molecule is CC(CC1C=CC=C1)(C1C=CC=C1)C1C=Cc2ccccc21. The van der Waals surface area contributed by atoms with Crippen molar-refractivity contribution in [3.63, 3.8) is 0 Å². The van der Waals surface area contributed by atoms with E-state index in [1.54, 1.807) is 0 Å². The molecule has 0 saturated heterocycles. The molecule has 22 heavy (non-hydrogen) atoms. The molecule has 0 aliphatic heterocycles. The number of hydrogen-bond donors (Lipinski definition) is 0. The van der Waals surface area contributed by atoms with Gasteiger partial charge in [0, 0.05) is 11.8 Å². The summed E-state index contributed by atoms with van der Waals surface area (Å²) in [5.41, 5.74) is 3.09. The van der Waals surface area contributed by atoms with Crippen LogP contribution in [-0.4, -0.2) is 0 Å². The molecule has 1 aromatic rings. The summed E-state index contributed by atoms with van der Waals surface area (Å²) in [5.74, 6) is 1.56. The summed E-state index contributed by atoms with van der Waals surface area (Å²) in [6.45, 7) is 2.47. The molecule has 0 heterocycles. The maximum absolute atomic E-state index is 2.47. The minimum atomic E-state index is 0.205. The zero-order valence-corrected chi connectivity index (χ0v) is 13.0. The number of hydrogen-bond acceptors (Lipinski definition) is 0. The van der Waals surface area contributed by atoms with Crippen molar-refractivity contribution >= 4 is 6.08 Å². The van der Waals surface area contributed by atoms with Gasteiger partial charge in [0.25, 0.3) is 0 Å². The van der Waals surface area contributed by atoms with Crippen molar-refractivity contribution in [2.75, 3.05) is 0 Å². The van der Waals surface area contributed by atoms with Gasteiger partial charge in [0.15, 0.2) is 0 Å². The molecule has 0 aromatic heterocycles. The van der Waals surface area contributed by atoms with Gasteiger partial charge in [-0.1, -0.05) is 91.9 Å². The average Bonchev–Trinajstić information content (AvgIpc) is 3.28. The fourth-order valence-electron chi connectivity index (χ4n) is 4.29. The highest BCUT2D eigenvalue weighted by Crippen LogP contribution is 2.53. The van der Waals surface area contributed by atoms with E-state index in [4.69, 9.17) is 0 Å². The smallest absolute Gasteiger partial charge is 0.00900 e. The highest BCUT2D eigenvalue weighted by atomic mass is 14.5. The molecule has 1 aromatic carbocycles. The fraction of sp³-hybridized carbons (Fsp3) is 0.273. The van der Waals surface area contributed by atoms with Crippen molar-refractivity contribution in [3.8, 4) is 0 Å². The molecule has 110 valence electrons. The molecule has 0 radical (unpaired) electrons. The summed E-state index contributed by atoms with van der Waals surface area (Å²) in [5, 5.41) is 0. The van der Waals surface area contributed by atoms with Gasteiger partial charge >= 0.3 is 0 Å². The van der Waals surface area contributed by atoms with Crippen LogP contribution in [0.2, 0.25) is 0 Å². The largest absolute Gasteiger partial charge is 0.0776 e. The van der Waals surface area contributed by atoms with Crippen molar-refractivity contribution in [2.24, 2.45) is 17.3 Å². The molecule has 0 amide bonds. The first-order chi connectivity index (χ1) is 10.8. The van der Waals surface area contributed by atoms with E-state index < -0.39 is 0 Å². The van der Waals surface area contributed by atoms with Crippen LogP contribution in [0.15, 0.2) is 78.9 Å². The zero-order valence-electron chi connectivity index (χ0n) is 13.0. The van der Waals surface area contributed by atoms with E-state index in [1.165, 1.54) is 17.5 Å². The van der Waals surface area contributed by atoms with Crippen molar-refractivity contribution < 1.29 is 0 Å². The van der Waals surface area contributed by atoms with E-state index in [2.05, 4.69) is 91.9 Å². The third-order valence-electron chi connectivity index (χ3n) is 5.52. The molecular weight excluding hydrogens is 264 g/mol. The highest BCUT2D eigenvalue weighted by Gasteiger charge is 2.42. The summed E-state index contributed by atoms with van der Waals surface area (Å²) in [7, 11) is 0. The van der Waals surface area contributed by atoms with Crippen LogP contribution in [-0.2, 0) is 0 Å². The lowest BCUT2D eigenvalue weighted by atomic mass is 9.62. The van der Waals surface area contributed by atoms with Gasteiger partial charge in [0.1, 0.15) is 0 Å². The first-order valence-electron chi connectivity index (χ1n) is 8.24. The van der Waals surface area contributed by atoms with Gasteiger partial charge in [0.2, 0.25) is 0 Å². The lowest BCUT2D eigenvalue weighted by molar-refractivity contribution is 0.202. The van der Waals surface area contributed by atoms with Gasteiger partial charge in [0.05, 0.1) is 0 Å². The van der Waals surface area contributed by atoms with Crippen molar-refractivity contribution in [1.29, 1.82) is 0 Å². The third-order valence-corrected chi connectivity index (χ3v) is 5.52. The predicted molar refractivity (Wildman–Crippen MR) is 94.5 cm³/mol. The van der Waals surface area contributed by atoms with Gasteiger partial charge in [-0.2, -0.15) is 0 Å². The van der Waals surface area contributed by atoms with Crippen LogP contribution < -0.4 is 0 Å². The summed E-state index contributed by atoms with van der Waals surface area (Å²) >= 11 is 0. The van der Waals surface area contributed by atoms with E-state index in [0.29, 0.717) is 17.8 Å². The first-order valence-corrected chi connectivity index (χ1v) is 8.24. The Morgan fingerprint density at radius 3 is 2.32 bits per heavy atom. The Hall–Kier alpha value is -2.08. The maximum atomic E-state index is 2.47. The van der Waals surface area contributed by atoms with Gasteiger partial charge in [-0.3, -0.25) is 0 Å². The number of fused-ring (bicyclic) bond motifs is 1. The molecule has 2 unspecified atom stereocenters. The second kappa shape index (κ2) is 5.28. The fourth-order valence-corrected chi connectivity index (χ4v) is 4.29. The third kappa shape index (κ3) is 2.14. The van der Waals surface area contributed by atoms with Crippen molar-refractivity contribution in [3.05, 3.63) is 90.1 Å². The minimum absolute atomic E-state index is 0.205. The standard InChI is InChI=1S/C22H22/c1-22(19-11-5-6-12-19,16-17-8-2-3-9-17)21-15-14-18-10-4-7-13-20(18)21/h2-15,17,19,21H,16H2,1H3. The summed E-state index contributed by atoms with van der Waals surface area (Å²) in [6.07, 6.45) is 24.1. The minimum Gasteiger partial charge on any atom is -0.0776 e. The zero-order chi connectivity index (χ0) is 15.0. The molecule has 0 nitrogen and oxygen atoms in total. The van der Waals surface area contributed by atoms with Crippen LogP contribution in [0.5, 0.6) is 0 Å². The van der Waals surface area contributed by atoms with Crippen molar-refractivity contribution in [2.45, 2.75) is 19.3 Å². The second-order valence-corrected chi connectivity index (χ2v) is 6.90. The number of allylic oxidation sites excluding steroid dienone is 9. The Kier molecular flexibility index (Phi) is 3.26. The quantitative estimate of drug-likeness (QED) is 0.668. The van der Waals surface area contributed by atoms with Gasteiger partial charge in [-0.15, -0.1) is 0 Å². The molecule has 4 rings (SSSR count). The number of rotatable bonds is 4. The molecule has 0 heteroatoms. The summed E-state index contributed by atoms with van der Waals surface area (Å²) < 4.78 is 0. The van der Waals surface area contributed by atoms with Crippen LogP contribution >= 0.6 is 0 Å². The monoisotopic (exact) mass is 286 g/mol. The molecule has 0 fully saturated rings. The van der Waals surface area contributed by atoms with Crippen LogP contribution in [0.4, 0.5) is 0 Å². The Balaban J connectivity index is 1.73. The van der Waals surface area contributed by atoms with Crippen molar-refractivity contribution in [1.82, 2.24) is 0 Å². The summed E-state index contributed by atoms with van der Waals surface area (Å²) in [4.78, 5) is 0. The topological polar surface area (TPSA) is 0 Å². The highest BCUT2D eigenvalue weighted by molar-refractivity contribution is 5.63. The molecule has 2 atom stereocenters. The molecular formula is C22H22. The van der Waals surface area contributed by atoms with E-state index >= 15 is 0 Å². The van der Waals surface area contributed by atoms with Crippen LogP contribution in [0.3, 0.4) is 0 Å². The van der Waals surface area contributed by atoms with E-state index in [0.717, 1.165) is 0 Å². The lowest BCUT2D eigenvalue weighted by Gasteiger charge is -2.41. The van der Waals surface area contributed by atoms with Gasteiger partial charge in [-0.05, 0) is 28.9 Å². The predicted octanol–water partition coefficient (Wildman–Crippen LogP) is 5.68. The maximum Gasteiger partial charge on any atom is 0.00900 e. The lowest BCUT2D eigenvalue weighted by Crippen LogP contribution is -2.32.